The number of anilines is 1. The smallest absolute Gasteiger partial charge is 0.319 e. The van der Waals surface area contributed by atoms with Crippen molar-refractivity contribution in [2.24, 2.45) is 0 Å². The number of carbonyl (C=O) groups excluding carboxylic acids is 1. The maximum atomic E-state index is 16.6. The summed E-state index contributed by atoms with van der Waals surface area (Å²) in [5.41, 5.74) is -0.183. The molecule has 0 aliphatic carbocycles. The molecule has 2 aromatic heterocycles. The number of piperidine rings is 1. The highest BCUT2D eigenvalue weighted by Gasteiger charge is 2.46. The summed E-state index contributed by atoms with van der Waals surface area (Å²) in [5, 5.41) is 1.09. The fourth-order valence-electron chi connectivity index (χ4n) is 7.07. The molecule has 240 valence electrons. The molecule has 3 saturated heterocycles. The second kappa shape index (κ2) is 12.0. The highest BCUT2D eigenvalue weighted by molar-refractivity contribution is 6.36. The summed E-state index contributed by atoms with van der Waals surface area (Å²) in [4.78, 5) is 31.2. The first-order valence-corrected chi connectivity index (χ1v) is 15.7. The van der Waals surface area contributed by atoms with E-state index in [9.17, 15) is 18.0 Å². The van der Waals surface area contributed by atoms with Gasteiger partial charge in [0, 0.05) is 49.9 Å². The standard InChI is InChI=1S/C33H31ClF4N6O2/c1-19(35)31(45)43-14-12-42(13-15-43)30-23-16-39-28(22-5-2-4-20-6-7-24(37)26(34)25(20)22)27(38)29(23)40-32(41-30)46-18-33-9-3-11-44(33)17-21(36)8-10-33/h2,4-7,16,21H,1,3,8-15,17-18H2. The lowest BCUT2D eigenvalue weighted by molar-refractivity contribution is -0.128. The molecular weight excluding hydrogens is 624 g/mol. The molecular formula is C33H31ClF4N6O2. The first-order chi connectivity index (χ1) is 22.1. The molecule has 3 aliphatic rings. The van der Waals surface area contributed by atoms with E-state index in [2.05, 4.69) is 26.4 Å². The van der Waals surface area contributed by atoms with Gasteiger partial charge >= 0.3 is 6.01 Å². The molecule has 3 fully saturated rings. The second-order valence-corrected chi connectivity index (χ2v) is 12.5. The molecule has 1 amide bonds. The average Bonchev–Trinajstić information content (AvgIpc) is 3.48. The molecule has 46 heavy (non-hydrogen) atoms. The SMILES string of the molecule is C=C(F)C(=O)N1CCN(c2nc(OCC34CCCN3CC(F)CC4)nc3c(F)c(-c4cccc5ccc(F)c(Cl)c45)ncc23)CC1. The van der Waals surface area contributed by atoms with Crippen LogP contribution < -0.4 is 9.64 Å². The van der Waals surface area contributed by atoms with E-state index in [-0.39, 0.29) is 60.6 Å². The van der Waals surface area contributed by atoms with Gasteiger partial charge in [0.05, 0.1) is 15.9 Å². The Labute approximate surface area is 267 Å². The Morgan fingerprint density at radius 1 is 1.09 bits per heavy atom. The maximum absolute atomic E-state index is 16.6. The number of piperazine rings is 1. The zero-order valence-corrected chi connectivity index (χ0v) is 25.7. The number of fused-ring (bicyclic) bond motifs is 3. The van der Waals surface area contributed by atoms with E-state index >= 15 is 4.39 Å². The monoisotopic (exact) mass is 654 g/mol. The van der Waals surface area contributed by atoms with Crippen molar-refractivity contribution in [1.82, 2.24) is 24.8 Å². The van der Waals surface area contributed by atoms with Gasteiger partial charge in [-0.1, -0.05) is 42.4 Å². The molecule has 0 spiro atoms. The molecule has 0 saturated carbocycles. The van der Waals surface area contributed by atoms with Gasteiger partial charge in [0.1, 0.15) is 35.6 Å². The van der Waals surface area contributed by atoms with E-state index in [1.807, 2.05) is 4.90 Å². The lowest BCUT2D eigenvalue weighted by Gasteiger charge is -2.43. The van der Waals surface area contributed by atoms with E-state index in [0.717, 1.165) is 19.4 Å². The predicted molar refractivity (Wildman–Crippen MR) is 167 cm³/mol. The number of alkyl halides is 1. The summed E-state index contributed by atoms with van der Waals surface area (Å²) in [5.74, 6) is -2.87. The first-order valence-electron chi connectivity index (χ1n) is 15.3. The molecule has 7 rings (SSSR count). The number of aromatic nitrogens is 3. The van der Waals surface area contributed by atoms with Crippen molar-refractivity contribution >= 4 is 45.0 Å². The van der Waals surface area contributed by atoms with Gasteiger partial charge in [-0.2, -0.15) is 9.97 Å². The Hall–Kier alpha value is -4.03. The Kier molecular flexibility index (Phi) is 7.96. The summed E-state index contributed by atoms with van der Waals surface area (Å²) in [6, 6.07) is 7.84. The fraction of sp³-hybridized carbons (Fsp3) is 0.394. The summed E-state index contributed by atoms with van der Waals surface area (Å²) in [7, 11) is 0. The molecule has 13 heteroatoms. The zero-order chi connectivity index (χ0) is 32.2. The minimum atomic E-state index is -1.04. The lowest BCUT2D eigenvalue weighted by atomic mass is 9.86. The van der Waals surface area contributed by atoms with Crippen LogP contribution in [0.5, 0.6) is 6.01 Å². The van der Waals surface area contributed by atoms with Crippen molar-refractivity contribution < 1.29 is 27.1 Å². The van der Waals surface area contributed by atoms with Crippen molar-refractivity contribution in [1.29, 1.82) is 0 Å². The second-order valence-electron chi connectivity index (χ2n) is 12.2. The Balaban J connectivity index is 1.30. The molecule has 0 N–H and O–H groups in total. The van der Waals surface area contributed by atoms with E-state index in [1.54, 1.807) is 24.3 Å². The number of ether oxygens (including phenoxy) is 1. The van der Waals surface area contributed by atoms with Crippen LogP contribution in [0.4, 0.5) is 23.4 Å². The molecule has 2 unspecified atom stereocenters. The third-order valence-corrected chi connectivity index (χ3v) is 9.85. The van der Waals surface area contributed by atoms with Crippen LogP contribution in [-0.4, -0.2) is 88.2 Å². The van der Waals surface area contributed by atoms with E-state index in [1.165, 1.54) is 17.2 Å². The number of carbonyl (C=O) groups is 1. The van der Waals surface area contributed by atoms with Gasteiger partial charge in [-0.15, -0.1) is 0 Å². The summed E-state index contributed by atoms with van der Waals surface area (Å²) in [6.45, 7) is 5.39. The van der Waals surface area contributed by atoms with Gasteiger partial charge in [-0.25, -0.2) is 17.6 Å². The Morgan fingerprint density at radius 2 is 1.89 bits per heavy atom. The van der Waals surface area contributed by atoms with Crippen molar-refractivity contribution in [3.8, 4) is 17.3 Å². The molecule has 2 atom stereocenters. The van der Waals surface area contributed by atoms with Crippen LogP contribution in [0.15, 0.2) is 48.9 Å². The van der Waals surface area contributed by atoms with Crippen LogP contribution in [0.25, 0.3) is 32.9 Å². The van der Waals surface area contributed by atoms with E-state index in [4.69, 9.17) is 16.3 Å². The largest absolute Gasteiger partial charge is 0.461 e. The van der Waals surface area contributed by atoms with Crippen molar-refractivity contribution in [2.45, 2.75) is 37.4 Å². The molecule has 5 heterocycles. The van der Waals surface area contributed by atoms with Crippen molar-refractivity contribution in [3.63, 3.8) is 0 Å². The summed E-state index contributed by atoms with van der Waals surface area (Å²) >= 11 is 6.36. The maximum Gasteiger partial charge on any atom is 0.319 e. The normalized spacial score (nSPS) is 22.0. The highest BCUT2D eigenvalue weighted by Crippen LogP contribution is 2.40. The first kappa shape index (κ1) is 30.6. The minimum Gasteiger partial charge on any atom is -0.461 e. The van der Waals surface area contributed by atoms with Gasteiger partial charge in [-0.3, -0.25) is 14.7 Å². The number of halogens is 5. The van der Waals surface area contributed by atoms with Crippen LogP contribution in [0, 0.1) is 11.6 Å². The minimum absolute atomic E-state index is 0.0558. The van der Waals surface area contributed by atoms with Crippen LogP contribution >= 0.6 is 11.6 Å². The van der Waals surface area contributed by atoms with Crippen molar-refractivity contribution in [2.75, 3.05) is 50.8 Å². The molecule has 8 nitrogen and oxygen atoms in total. The number of rotatable bonds is 6. The van der Waals surface area contributed by atoms with Gasteiger partial charge in [0.25, 0.3) is 5.91 Å². The van der Waals surface area contributed by atoms with Gasteiger partial charge in [0.15, 0.2) is 11.6 Å². The van der Waals surface area contributed by atoms with Gasteiger partial charge in [-0.05, 0) is 43.7 Å². The number of benzene rings is 2. The number of nitrogens with zero attached hydrogens (tertiary/aromatic N) is 6. The number of hydrogen-bond donors (Lipinski definition) is 0. The molecule has 0 bridgehead atoms. The van der Waals surface area contributed by atoms with Crippen molar-refractivity contribution in [3.05, 3.63) is 65.6 Å². The van der Waals surface area contributed by atoms with Gasteiger partial charge < -0.3 is 14.5 Å². The van der Waals surface area contributed by atoms with Crippen LogP contribution in [0.1, 0.15) is 25.7 Å². The summed E-state index contributed by atoms with van der Waals surface area (Å²) < 4.78 is 65.2. The van der Waals surface area contributed by atoms with Crippen LogP contribution in [0.3, 0.4) is 0 Å². The third kappa shape index (κ3) is 5.30. The van der Waals surface area contributed by atoms with E-state index in [0.29, 0.717) is 46.9 Å². The zero-order valence-electron chi connectivity index (χ0n) is 24.9. The number of pyridine rings is 1. The average molecular weight is 655 g/mol. The molecule has 4 aromatic rings. The van der Waals surface area contributed by atoms with E-state index < -0.39 is 29.5 Å². The molecule has 2 aromatic carbocycles. The predicted octanol–water partition coefficient (Wildman–Crippen LogP) is 6.25. The lowest BCUT2D eigenvalue weighted by Crippen LogP contribution is -2.54. The highest BCUT2D eigenvalue weighted by atomic mass is 35.5. The third-order valence-electron chi connectivity index (χ3n) is 9.48. The Bertz CT molecular complexity index is 1870. The quantitative estimate of drug-likeness (QED) is 0.180. The van der Waals surface area contributed by atoms with Gasteiger partial charge in [0.2, 0.25) is 0 Å². The topological polar surface area (TPSA) is 74.7 Å². The number of hydrogen-bond acceptors (Lipinski definition) is 7. The molecule has 3 aliphatic heterocycles. The Morgan fingerprint density at radius 3 is 2.67 bits per heavy atom. The van der Waals surface area contributed by atoms with Crippen LogP contribution in [-0.2, 0) is 4.79 Å². The molecule has 0 radical (unpaired) electrons. The number of amides is 1. The summed E-state index contributed by atoms with van der Waals surface area (Å²) in [6.07, 6.45) is 3.41. The van der Waals surface area contributed by atoms with Crippen LogP contribution in [0.2, 0.25) is 5.02 Å². The fourth-order valence-corrected chi connectivity index (χ4v) is 7.34.